The number of amides is 1. The molecule has 1 amide bonds. The summed E-state index contributed by atoms with van der Waals surface area (Å²) in [7, 11) is 0. The zero-order valence-corrected chi connectivity index (χ0v) is 8.49. The molecule has 0 fully saturated rings. The minimum Gasteiger partial charge on any atom is -0.489 e. The van der Waals surface area contributed by atoms with E-state index >= 15 is 0 Å². The lowest BCUT2D eigenvalue weighted by molar-refractivity contribution is -0.105. The van der Waals surface area contributed by atoms with Crippen molar-refractivity contribution < 1.29 is 9.53 Å². The van der Waals surface area contributed by atoms with Crippen LogP contribution in [0.5, 0.6) is 5.75 Å². The van der Waals surface area contributed by atoms with Gasteiger partial charge in [-0.15, -0.1) is 0 Å². The maximum atomic E-state index is 10.3. The molecule has 0 bridgehead atoms. The van der Waals surface area contributed by atoms with Crippen molar-refractivity contribution in [1.82, 2.24) is 0 Å². The highest BCUT2D eigenvalue weighted by Gasteiger charge is 2.05. The number of carbonyl (C=O) groups is 1. The first-order chi connectivity index (χ1) is 6.77. The van der Waals surface area contributed by atoms with Gasteiger partial charge in [-0.1, -0.05) is 19.1 Å². The number of hydrogen-bond acceptors (Lipinski definition) is 2. The van der Waals surface area contributed by atoms with Crippen LogP contribution in [0.3, 0.4) is 0 Å². The molecule has 1 rings (SSSR count). The van der Waals surface area contributed by atoms with Crippen LogP contribution in [-0.4, -0.2) is 12.5 Å². The third kappa shape index (κ3) is 2.76. The molecule has 1 aromatic carbocycles. The second-order valence-corrected chi connectivity index (χ2v) is 3.10. The Morgan fingerprint density at radius 1 is 1.50 bits per heavy atom. The van der Waals surface area contributed by atoms with E-state index in [9.17, 15) is 4.79 Å². The lowest BCUT2D eigenvalue weighted by Gasteiger charge is -2.15. The van der Waals surface area contributed by atoms with Crippen molar-refractivity contribution in [2.24, 2.45) is 0 Å². The fourth-order valence-corrected chi connectivity index (χ4v) is 1.05. The first-order valence-corrected chi connectivity index (χ1v) is 4.73. The Hall–Kier alpha value is -1.51. The SMILES string of the molecule is CCC(C)Oc1ccccc1NC=O. The lowest BCUT2D eigenvalue weighted by atomic mass is 10.2. The summed E-state index contributed by atoms with van der Waals surface area (Å²) < 4.78 is 5.63. The topological polar surface area (TPSA) is 38.3 Å². The summed E-state index contributed by atoms with van der Waals surface area (Å²) in [6.45, 7) is 4.05. The monoisotopic (exact) mass is 193 g/mol. The van der Waals surface area contributed by atoms with E-state index in [2.05, 4.69) is 12.2 Å². The molecule has 3 nitrogen and oxygen atoms in total. The largest absolute Gasteiger partial charge is 0.489 e. The van der Waals surface area contributed by atoms with Crippen LogP contribution in [0.25, 0.3) is 0 Å². The Bertz CT molecular complexity index is 299. The van der Waals surface area contributed by atoms with Crippen LogP contribution in [0.4, 0.5) is 5.69 Å². The molecule has 0 saturated heterocycles. The van der Waals surface area contributed by atoms with Crippen molar-refractivity contribution >= 4 is 12.1 Å². The van der Waals surface area contributed by atoms with E-state index in [0.29, 0.717) is 17.8 Å². The van der Waals surface area contributed by atoms with Crippen LogP contribution in [0.1, 0.15) is 20.3 Å². The Balaban J connectivity index is 2.78. The molecule has 0 aliphatic carbocycles. The van der Waals surface area contributed by atoms with Gasteiger partial charge in [-0.25, -0.2) is 0 Å². The van der Waals surface area contributed by atoms with Gasteiger partial charge in [0.2, 0.25) is 6.41 Å². The number of ether oxygens (including phenoxy) is 1. The number of para-hydroxylation sites is 2. The zero-order chi connectivity index (χ0) is 10.4. The van der Waals surface area contributed by atoms with Crippen molar-refractivity contribution in [1.29, 1.82) is 0 Å². The quantitative estimate of drug-likeness (QED) is 0.729. The highest BCUT2D eigenvalue weighted by molar-refractivity contribution is 5.75. The average molecular weight is 193 g/mol. The number of carbonyl (C=O) groups excluding carboxylic acids is 1. The van der Waals surface area contributed by atoms with E-state index in [1.54, 1.807) is 0 Å². The number of benzene rings is 1. The molecular formula is C11H15NO2. The van der Waals surface area contributed by atoms with E-state index in [1.165, 1.54) is 0 Å². The molecule has 1 aromatic rings. The molecule has 1 atom stereocenters. The van der Waals surface area contributed by atoms with Gasteiger partial charge in [-0.3, -0.25) is 4.79 Å². The van der Waals surface area contributed by atoms with Crippen LogP contribution in [0, 0.1) is 0 Å². The minimum absolute atomic E-state index is 0.157. The van der Waals surface area contributed by atoms with Crippen molar-refractivity contribution in [2.75, 3.05) is 5.32 Å². The predicted molar refractivity (Wildman–Crippen MR) is 56.5 cm³/mol. The van der Waals surface area contributed by atoms with Gasteiger partial charge in [0.15, 0.2) is 0 Å². The number of anilines is 1. The molecule has 0 aliphatic heterocycles. The van der Waals surface area contributed by atoms with E-state index in [4.69, 9.17) is 4.74 Å². The molecule has 1 N–H and O–H groups in total. The second-order valence-electron chi connectivity index (χ2n) is 3.10. The van der Waals surface area contributed by atoms with Gasteiger partial charge in [0.25, 0.3) is 0 Å². The molecule has 0 saturated carbocycles. The first kappa shape index (κ1) is 10.6. The Morgan fingerprint density at radius 3 is 2.86 bits per heavy atom. The molecule has 76 valence electrons. The number of nitrogens with one attached hydrogen (secondary N) is 1. The molecule has 3 heteroatoms. The Morgan fingerprint density at radius 2 is 2.21 bits per heavy atom. The van der Waals surface area contributed by atoms with Gasteiger partial charge in [-0.05, 0) is 25.5 Å². The Kier molecular flexibility index (Phi) is 3.98. The molecule has 0 radical (unpaired) electrons. The van der Waals surface area contributed by atoms with Crippen molar-refractivity contribution in [3.63, 3.8) is 0 Å². The van der Waals surface area contributed by atoms with Crippen molar-refractivity contribution in [2.45, 2.75) is 26.4 Å². The van der Waals surface area contributed by atoms with Crippen LogP contribution in [0.15, 0.2) is 24.3 Å². The number of rotatable bonds is 5. The summed E-state index contributed by atoms with van der Waals surface area (Å²) >= 11 is 0. The Labute approximate surface area is 84.1 Å². The summed E-state index contributed by atoms with van der Waals surface area (Å²) in [5.74, 6) is 0.717. The normalized spacial score (nSPS) is 11.9. The average Bonchev–Trinajstić information content (AvgIpc) is 2.21. The van der Waals surface area contributed by atoms with E-state index in [1.807, 2.05) is 31.2 Å². The maximum absolute atomic E-state index is 10.3. The van der Waals surface area contributed by atoms with Crippen molar-refractivity contribution in [3.8, 4) is 5.75 Å². The maximum Gasteiger partial charge on any atom is 0.211 e. The highest BCUT2D eigenvalue weighted by Crippen LogP contribution is 2.24. The fourth-order valence-electron chi connectivity index (χ4n) is 1.05. The fraction of sp³-hybridized carbons (Fsp3) is 0.364. The van der Waals surface area contributed by atoms with Gasteiger partial charge in [0.1, 0.15) is 5.75 Å². The summed E-state index contributed by atoms with van der Waals surface area (Å²) in [6.07, 6.45) is 1.75. The van der Waals surface area contributed by atoms with Gasteiger partial charge < -0.3 is 10.1 Å². The van der Waals surface area contributed by atoms with Gasteiger partial charge in [0, 0.05) is 0 Å². The molecule has 0 heterocycles. The number of hydrogen-bond donors (Lipinski definition) is 1. The van der Waals surface area contributed by atoms with Crippen LogP contribution in [-0.2, 0) is 4.79 Å². The molecule has 14 heavy (non-hydrogen) atoms. The summed E-state index contributed by atoms with van der Waals surface area (Å²) in [5.41, 5.74) is 0.711. The van der Waals surface area contributed by atoms with E-state index < -0.39 is 0 Å². The van der Waals surface area contributed by atoms with Crippen LogP contribution in [0.2, 0.25) is 0 Å². The second kappa shape index (κ2) is 5.27. The summed E-state index contributed by atoms with van der Waals surface area (Å²) in [5, 5.41) is 2.60. The van der Waals surface area contributed by atoms with E-state index in [-0.39, 0.29) is 6.10 Å². The van der Waals surface area contributed by atoms with Gasteiger partial charge >= 0.3 is 0 Å². The van der Waals surface area contributed by atoms with Crippen LogP contribution >= 0.6 is 0 Å². The summed E-state index contributed by atoms with van der Waals surface area (Å²) in [4.78, 5) is 10.3. The lowest BCUT2D eigenvalue weighted by Crippen LogP contribution is -2.11. The first-order valence-electron chi connectivity index (χ1n) is 4.73. The van der Waals surface area contributed by atoms with Crippen molar-refractivity contribution in [3.05, 3.63) is 24.3 Å². The molecule has 0 aliphatic rings. The predicted octanol–water partition coefficient (Wildman–Crippen LogP) is 2.43. The molecule has 0 aromatic heterocycles. The molecular weight excluding hydrogens is 178 g/mol. The third-order valence-corrected chi connectivity index (χ3v) is 2.00. The van der Waals surface area contributed by atoms with Gasteiger partial charge in [-0.2, -0.15) is 0 Å². The molecule has 0 spiro atoms. The zero-order valence-electron chi connectivity index (χ0n) is 8.49. The van der Waals surface area contributed by atoms with E-state index in [0.717, 1.165) is 6.42 Å². The third-order valence-electron chi connectivity index (χ3n) is 2.00. The van der Waals surface area contributed by atoms with Crippen LogP contribution < -0.4 is 10.1 Å². The minimum atomic E-state index is 0.157. The molecule has 1 unspecified atom stereocenters. The van der Waals surface area contributed by atoms with Gasteiger partial charge in [0.05, 0.1) is 11.8 Å². The smallest absolute Gasteiger partial charge is 0.211 e. The highest BCUT2D eigenvalue weighted by atomic mass is 16.5. The summed E-state index contributed by atoms with van der Waals surface area (Å²) in [6, 6.07) is 7.40. The standard InChI is InChI=1S/C11H15NO2/c1-3-9(2)14-11-7-5-4-6-10(11)12-8-13/h4-9H,3H2,1-2H3,(H,12,13).